The molecule has 0 radical (unpaired) electrons. The van der Waals surface area contributed by atoms with E-state index in [0.717, 1.165) is 94.6 Å². The number of benzene rings is 8. The standard InChI is InChI=1S/C60H45N5/c1-5-22-44-45-29-16-19-32-53(45)64(52(44)6-2)56-48(41-23-10-7-11-24-41)35-39(3)37-50(56)59-61-58(43-27-14-9-15-28-43)62-60(63-59)51-38-40(4)36-49(42-25-12-8-13-26-42)57(51)65-54-33-20-17-30-46(54)47-31-18-21-34-55(47)65/h5-38H,2H2,1,3-4H3/b22-5-. The molecule has 3 heterocycles. The van der Waals surface area contributed by atoms with E-state index in [2.05, 4.69) is 218 Å². The van der Waals surface area contributed by atoms with Crippen LogP contribution in [0.4, 0.5) is 0 Å². The summed E-state index contributed by atoms with van der Waals surface area (Å²) in [4.78, 5) is 16.6. The number of hydrogen-bond donors (Lipinski definition) is 0. The van der Waals surface area contributed by atoms with Gasteiger partial charge in [-0.3, -0.25) is 0 Å². The van der Waals surface area contributed by atoms with E-state index in [1.165, 1.54) is 10.8 Å². The first-order valence-corrected chi connectivity index (χ1v) is 22.1. The van der Waals surface area contributed by atoms with E-state index in [0.29, 0.717) is 17.5 Å². The van der Waals surface area contributed by atoms with Gasteiger partial charge in [0.25, 0.3) is 0 Å². The van der Waals surface area contributed by atoms with Crippen molar-refractivity contribution < 1.29 is 0 Å². The van der Waals surface area contributed by atoms with Crippen LogP contribution in [0.1, 0.15) is 29.3 Å². The molecule has 0 unspecified atom stereocenters. The van der Waals surface area contributed by atoms with Crippen molar-refractivity contribution >= 4 is 44.9 Å². The summed E-state index contributed by atoms with van der Waals surface area (Å²) in [7, 11) is 0. The molecule has 11 rings (SSSR count). The van der Waals surface area contributed by atoms with Crippen molar-refractivity contribution in [2.45, 2.75) is 20.8 Å². The first-order valence-electron chi connectivity index (χ1n) is 22.1. The fraction of sp³-hybridized carbons (Fsp3) is 0.0500. The Kier molecular flexibility index (Phi) is 9.93. The highest BCUT2D eigenvalue weighted by molar-refractivity contribution is 6.10. The number of fused-ring (bicyclic) bond motifs is 4. The van der Waals surface area contributed by atoms with Crippen LogP contribution in [-0.4, -0.2) is 24.1 Å². The van der Waals surface area contributed by atoms with Crippen LogP contribution in [0.5, 0.6) is 0 Å². The van der Waals surface area contributed by atoms with Crippen molar-refractivity contribution in [2.24, 2.45) is 0 Å². The molecule has 5 nitrogen and oxygen atoms in total. The van der Waals surface area contributed by atoms with E-state index >= 15 is 0 Å². The fourth-order valence-electron chi connectivity index (χ4n) is 9.62. The summed E-state index contributed by atoms with van der Waals surface area (Å²) < 4.78 is 4.76. The number of aromatic nitrogens is 5. The average molecular weight is 836 g/mol. The van der Waals surface area contributed by atoms with Crippen molar-refractivity contribution in [2.75, 3.05) is 0 Å². The summed E-state index contributed by atoms with van der Waals surface area (Å²) in [6.07, 6.45) is 6.24. The minimum atomic E-state index is 0.570. The molecule has 0 fully saturated rings. The van der Waals surface area contributed by atoms with Crippen molar-refractivity contribution in [3.05, 3.63) is 223 Å². The van der Waals surface area contributed by atoms with Gasteiger partial charge in [-0.15, -0.1) is 0 Å². The summed E-state index contributed by atoms with van der Waals surface area (Å²) >= 11 is 0. The van der Waals surface area contributed by atoms with Crippen LogP contribution >= 0.6 is 0 Å². The Morgan fingerprint density at radius 2 is 0.800 bits per heavy atom. The van der Waals surface area contributed by atoms with Gasteiger partial charge in [0, 0.05) is 49.5 Å². The molecule has 8 aromatic carbocycles. The third kappa shape index (κ3) is 6.77. The molecule has 0 atom stereocenters. The molecule has 65 heavy (non-hydrogen) atoms. The maximum atomic E-state index is 5.66. The summed E-state index contributed by atoms with van der Waals surface area (Å²) in [5.41, 5.74) is 16.6. The molecular weight excluding hydrogens is 791 g/mol. The van der Waals surface area contributed by atoms with Gasteiger partial charge >= 0.3 is 0 Å². The van der Waals surface area contributed by atoms with E-state index in [4.69, 9.17) is 15.0 Å². The highest BCUT2D eigenvalue weighted by atomic mass is 15.1. The summed E-state index contributed by atoms with van der Waals surface area (Å²) in [5.74, 6) is 1.74. The minimum Gasteiger partial charge on any atom is -0.308 e. The van der Waals surface area contributed by atoms with E-state index in [1.54, 1.807) is 0 Å². The lowest BCUT2D eigenvalue weighted by molar-refractivity contribution is 1.05. The van der Waals surface area contributed by atoms with Gasteiger partial charge in [0.2, 0.25) is 0 Å². The minimum absolute atomic E-state index is 0.570. The van der Waals surface area contributed by atoms with Gasteiger partial charge in [-0.05, 0) is 91.6 Å². The number of para-hydroxylation sites is 3. The lowest BCUT2D eigenvalue weighted by Gasteiger charge is -2.22. The molecule has 0 aliphatic carbocycles. The van der Waals surface area contributed by atoms with Crippen molar-refractivity contribution in [1.82, 2.24) is 24.1 Å². The van der Waals surface area contributed by atoms with Gasteiger partial charge < -0.3 is 9.13 Å². The predicted molar refractivity (Wildman–Crippen MR) is 272 cm³/mol. The SMILES string of the molecule is C=Cc1c(/C=C\C)c2ccccc2n1-c1c(-c2ccccc2)cc(C)cc1-c1nc(-c2ccccc2)nc(-c2cc(C)cc(-c3ccccc3)c2-n2c3ccccc3c3ccccc32)n1. The number of nitrogens with zero attached hydrogens (tertiary/aromatic N) is 5. The molecule has 0 amide bonds. The molecule has 0 saturated heterocycles. The average Bonchev–Trinajstić information content (AvgIpc) is 3.86. The van der Waals surface area contributed by atoms with Gasteiger partial charge in [0.05, 0.1) is 33.6 Å². The van der Waals surface area contributed by atoms with Crippen LogP contribution in [0.15, 0.2) is 201 Å². The Morgan fingerprint density at radius 1 is 0.415 bits per heavy atom. The molecular formula is C60H45N5. The van der Waals surface area contributed by atoms with Crippen molar-refractivity contribution in [3.8, 4) is 67.8 Å². The first kappa shape index (κ1) is 39.4. The highest BCUT2D eigenvalue weighted by Gasteiger charge is 2.27. The van der Waals surface area contributed by atoms with Gasteiger partial charge in [-0.25, -0.2) is 15.0 Å². The van der Waals surface area contributed by atoms with Crippen LogP contribution in [-0.2, 0) is 0 Å². The van der Waals surface area contributed by atoms with Crippen molar-refractivity contribution in [1.29, 1.82) is 0 Å². The molecule has 0 aliphatic rings. The number of rotatable bonds is 9. The molecule has 0 saturated carbocycles. The number of aryl methyl sites for hydroxylation is 2. The van der Waals surface area contributed by atoms with Gasteiger partial charge in [-0.1, -0.05) is 164 Å². The second kappa shape index (κ2) is 16.4. The Morgan fingerprint density at radius 3 is 1.28 bits per heavy atom. The second-order valence-corrected chi connectivity index (χ2v) is 16.5. The second-order valence-electron chi connectivity index (χ2n) is 16.5. The zero-order valence-electron chi connectivity index (χ0n) is 36.6. The monoisotopic (exact) mass is 835 g/mol. The van der Waals surface area contributed by atoms with Crippen molar-refractivity contribution in [3.63, 3.8) is 0 Å². The molecule has 0 N–H and O–H groups in total. The maximum Gasteiger partial charge on any atom is 0.166 e. The molecule has 5 heteroatoms. The lowest BCUT2D eigenvalue weighted by atomic mass is 9.95. The molecule has 0 bridgehead atoms. The molecule has 310 valence electrons. The maximum absolute atomic E-state index is 5.66. The fourth-order valence-corrected chi connectivity index (χ4v) is 9.62. The summed E-state index contributed by atoms with van der Waals surface area (Å²) in [5, 5.41) is 3.50. The summed E-state index contributed by atoms with van der Waals surface area (Å²) in [6.45, 7) is 10.8. The number of allylic oxidation sites excluding steroid dienone is 1. The van der Waals surface area contributed by atoms with Gasteiger partial charge in [-0.2, -0.15) is 0 Å². The van der Waals surface area contributed by atoms with Gasteiger partial charge in [0.15, 0.2) is 17.5 Å². The Hall–Kier alpha value is -8.41. The third-order valence-electron chi connectivity index (χ3n) is 12.3. The Labute approximate surface area is 379 Å². The van der Waals surface area contributed by atoms with Crippen LogP contribution in [0, 0.1) is 13.8 Å². The predicted octanol–water partition coefficient (Wildman–Crippen LogP) is 15.5. The molecule has 3 aromatic heterocycles. The normalized spacial score (nSPS) is 11.6. The largest absolute Gasteiger partial charge is 0.308 e. The number of hydrogen-bond acceptors (Lipinski definition) is 3. The zero-order chi connectivity index (χ0) is 44.0. The van der Waals surface area contributed by atoms with Crippen LogP contribution in [0.3, 0.4) is 0 Å². The van der Waals surface area contributed by atoms with E-state index in [-0.39, 0.29) is 0 Å². The lowest BCUT2D eigenvalue weighted by Crippen LogP contribution is -2.08. The summed E-state index contributed by atoms with van der Waals surface area (Å²) in [6, 6.07) is 66.5. The van der Waals surface area contributed by atoms with E-state index in [1.807, 2.05) is 24.3 Å². The van der Waals surface area contributed by atoms with Crippen LogP contribution in [0.25, 0.3) is 113 Å². The molecule has 0 spiro atoms. The van der Waals surface area contributed by atoms with Crippen LogP contribution in [0.2, 0.25) is 0 Å². The van der Waals surface area contributed by atoms with Gasteiger partial charge in [0.1, 0.15) is 0 Å². The third-order valence-corrected chi connectivity index (χ3v) is 12.3. The van der Waals surface area contributed by atoms with E-state index in [9.17, 15) is 0 Å². The zero-order valence-corrected chi connectivity index (χ0v) is 36.6. The highest BCUT2D eigenvalue weighted by Crippen LogP contribution is 2.44. The Balaban J connectivity index is 1.29. The smallest absolute Gasteiger partial charge is 0.166 e. The van der Waals surface area contributed by atoms with Crippen LogP contribution < -0.4 is 0 Å². The molecule has 0 aliphatic heterocycles. The van der Waals surface area contributed by atoms with E-state index < -0.39 is 0 Å². The molecule has 11 aromatic rings. The quantitative estimate of drug-likeness (QED) is 0.146. The topological polar surface area (TPSA) is 48.5 Å². The Bertz CT molecular complexity index is 3580. The first-order chi connectivity index (χ1) is 32.0.